The second-order valence-electron chi connectivity index (χ2n) is 5.22. The van der Waals surface area contributed by atoms with Gasteiger partial charge in [-0.3, -0.25) is 14.5 Å². The molecule has 0 radical (unpaired) electrons. The molecule has 2 amide bonds. The first kappa shape index (κ1) is 15.0. The number of anilines is 1. The summed E-state index contributed by atoms with van der Waals surface area (Å²) in [7, 11) is 0. The average molecular weight is 310 g/mol. The summed E-state index contributed by atoms with van der Waals surface area (Å²) in [5, 5.41) is 2.86. The first-order valence-electron chi connectivity index (χ1n) is 7.27. The molecular weight excluding hydrogens is 295 g/mol. The van der Waals surface area contributed by atoms with Crippen molar-refractivity contribution in [1.29, 1.82) is 0 Å². The molecule has 23 heavy (non-hydrogen) atoms. The van der Waals surface area contributed by atoms with Crippen LogP contribution in [0.3, 0.4) is 0 Å². The van der Waals surface area contributed by atoms with Crippen molar-refractivity contribution in [2.24, 2.45) is 0 Å². The number of benzene rings is 2. The Morgan fingerprint density at radius 1 is 0.957 bits per heavy atom. The highest BCUT2D eigenvalue weighted by Crippen LogP contribution is 2.18. The van der Waals surface area contributed by atoms with E-state index < -0.39 is 0 Å². The van der Waals surface area contributed by atoms with Crippen molar-refractivity contribution in [2.45, 2.75) is 6.42 Å². The molecule has 0 aliphatic carbocycles. The van der Waals surface area contributed by atoms with E-state index >= 15 is 0 Å². The summed E-state index contributed by atoms with van der Waals surface area (Å²) < 4.78 is 12.9. The summed E-state index contributed by atoms with van der Waals surface area (Å²) in [5.41, 5.74) is 1.83. The molecule has 2 aromatic carbocycles. The Bertz CT molecular complexity index is 754. The number of hydrogen-bond donors (Lipinski definition) is 1. The van der Waals surface area contributed by atoms with Crippen molar-refractivity contribution in [1.82, 2.24) is 4.90 Å². The lowest BCUT2D eigenvalue weighted by Gasteiger charge is -2.15. The topological polar surface area (TPSA) is 49.4 Å². The molecule has 1 N–H and O–H groups in total. The smallest absolute Gasteiger partial charge is 0.277 e. The Labute approximate surface area is 133 Å². The van der Waals surface area contributed by atoms with Gasteiger partial charge in [0.1, 0.15) is 11.5 Å². The molecule has 0 unspecified atom stereocenters. The van der Waals surface area contributed by atoms with E-state index in [1.54, 1.807) is 0 Å². The minimum atomic E-state index is -0.366. The van der Waals surface area contributed by atoms with Gasteiger partial charge in [0.15, 0.2) is 0 Å². The average Bonchev–Trinajstić information content (AvgIpc) is 2.82. The van der Waals surface area contributed by atoms with Crippen LogP contribution in [0.5, 0.6) is 0 Å². The van der Waals surface area contributed by atoms with E-state index in [0.717, 1.165) is 5.56 Å². The van der Waals surface area contributed by atoms with Crippen LogP contribution in [-0.4, -0.2) is 23.3 Å². The second-order valence-corrected chi connectivity index (χ2v) is 5.22. The van der Waals surface area contributed by atoms with E-state index in [-0.39, 0.29) is 23.3 Å². The summed E-state index contributed by atoms with van der Waals surface area (Å²) in [6, 6.07) is 15.3. The van der Waals surface area contributed by atoms with Gasteiger partial charge in [-0.2, -0.15) is 0 Å². The van der Waals surface area contributed by atoms with E-state index in [9.17, 15) is 14.0 Å². The second kappa shape index (κ2) is 6.44. The van der Waals surface area contributed by atoms with Crippen LogP contribution in [0.2, 0.25) is 0 Å². The molecule has 0 saturated heterocycles. The first-order chi connectivity index (χ1) is 11.1. The van der Waals surface area contributed by atoms with Crippen LogP contribution >= 0.6 is 0 Å². The Hall–Kier alpha value is -2.95. The van der Waals surface area contributed by atoms with Crippen molar-refractivity contribution < 1.29 is 14.0 Å². The maximum absolute atomic E-state index is 12.9. The maximum atomic E-state index is 12.9. The molecular formula is C18H15FN2O2. The van der Waals surface area contributed by atoms with Crippen LogP contribution in [0.4, 0.5) is 10.1 Å². The standard InChI is InChI=1S/C18H15FN2O2/c19-14-6-8-15(9-7-14)20-16-12-17(22)21(18(16)23)11-10-13-4-2-1-3-5-13/h1-9,12,20H,10-11H2. The van der Waals surface area contributed by atoms with Crippen LogP contribution in [0.25, 0.3) is 0 Å². The summed E-state index contributed by atoms with van der Waals surface area (Å²) >= 11 is 0. The number of amides is 2. The third kappa shape index (κ3) is 3.45. The Morgan fingerprint density at radius 2 is 1.65 bits per heavy atom. The maximum Gasteiger partial charge on any atom is 0.277 e. The predicted molar refractivity (Wildman–Crippen MR) is 85.0 cm³/mol. The zero-order chi connectivity index (χ0) is 16.2. The monoisotopic (exact) mass is 310 g/mol. The molecule has 1 heterocycles. The molecule has 0 atom stereocenters. The lowest BCUT2D eigenvalue weighted by molar-refractivity contribution is -0.137. The van der Waals surface area contributed by atoms with Crippen molar-refractivity contribution in [3.63, 3.8) is 0 Å². The van der Waals surface area contributed by atoms with Gasteiger partial charge in [-0.05, 0) is 36.2 Å². The molecule has 0 spiro atoms. The molecule has 5 heteroatoms. The number of halogens is 1. The van der Waals surface area contributed by atoms with Crippen molar-refractivity contribution in [3.8, 4) is 0 Å². The Morgan fingerprint density at radius 3 is 2.35 bits per heavy atom. The summed E-state index contributed by atoms with van der Waals surface area (Å²) in [6.45, 7) is 0.326. The van der Waals surface area contributed by atoms with E-state index in [0.29, 0.717) is 18.7 Å². The molecule has 2 aromatic rings. The van der Waals surface area contributed by atoms with Crippen molar-refractivity contribution in [3.05, 3.63) is 77.8 Å². The minimum Gasteiger partial charge on any atom is -0.351 e. The molecule has 3 rings (SSSR count). The van der Waals surface area contributed by atoms with E-state index in [1.807, 2.05) is 30.3 Å². The predicted octanol–water partition coefficient (Wildman–Crippen LogP) is 2.73. The number of carbonyl (C=O) groups is 2. The highest BCUT2D eigenvalue weighted by molar-refractivity contribution is 6.17. The fourth-order valence-electron chi connectivity index (χ4n) is 2.38. The van der Waals surface area contributed by atoms with E-state index in [4.69, 9.17) is 0 Å². The highest BCUT2D eigenvalue weighted by atomic mass is 19.1. The van der Waals surface area contributed by atoms with Gasteiger partial charge in [-0.25, -0.2) is 4.39 Å². The van der Waals surface area contributed by atoms with Gasteiger partial charge in [-0.15, -0.1) is 0 Å². The quantitative estimate of drug-likeness (QED) is 0.864. The van der Waals surface area contributed by atoms with Crippen LogP contribution in [-0.2, 0) is 16.0 Å². The van der Waals surface area contributed by atoms with Gasteiger partial charge in [0.2, 0.25) is 0 Å². The van der Waals surface area contributed by atoms with Crippen molar-refractivity contribution in [2.75, 3.05) is 11.9 Å². The largest absolute Gasteiger partial charge is 0.351 e. The molecule has 4 nitrogen and oxygen atoms in total. The van der Waals surface area contributed by atoms with Gasteiger partial charge in [-0.1, -0.05) is 30.3 Å². The fraction of sp³-hybridized carbons (Fsp3) is 0.111. The van der Waals surface area contributed by atoms with Gasteiger partial charge in [0, 0.05) is 18.3 Å². The SMILES string of the molecule is O=C1C=C(Nc2ccc(F)cc2)C(=O)N1CCc1ccccc1. The van der Waals surface area contributed by atoms with Gasteiger partial charge in [0.25, 0.3) is 11.8 Å². The fourth-order valence-corrected chi connectivity index (χ4v) is 2.38. The number of imide groups is 1. The number of hydrogen-bond acceptors (Lipinski definition) is 3. The van der Waals surface area contributed by atoms with Crippen LogP contribution < -0.4 is 5.32 Å². The zero-order valence-electron chi connectivity index (χ0n) is 12.3. The molecule has 0 aromatic heterocycles. The minimum absolute atomic E-state index is 0.203. The third-order valence-corrected chi connectivity index (χ3v) is 3.60. The third-order valence-electron chi connectivity index (χ3n) is 3.60. The van der Waals surface area contributed by atoms with Crippen LogP contribution in [0.15, 0.2) is 66.4 Å². The molecule has 0 bridgehead atoms. The summed E-state index contributed by atoms with van der Waals surface area (Å²) in [4.78, 5) is 25.5. The van der Waals surface area contributed by atoms with Crippen molar-refractivity contribution >= 4 is 17.5 Å². The lowest BCUT2D eigenvalue weighted by Crippen LogP contribution is -2.33. The van der Waals surface area contributed by atoms with Gasteiger partial charge in [0.05, 0.1) is 0 Å². The highest BCUT2D eigenvalue weighted by Gasteiger charge is 2.30. The van der Waals surface area contributed by atoms with Gasteiger partial charge >= 0.3 is 0 Å². The van der Waals surface area contributed by atoms with Crippen LogP contribution in [0.1, 0.15) is 5.56 Å². The Kier molecular flexibility index (Phi) is 4.19. The Balaban J connectivity index is 1.64. The lowest BCUT2D eigenvalue weighted by atomic mass is 10.1. The summed E-state index contributed by atoms with van der Waals surface area (Å²) in [6.07, 6.45) is 1.88. The number of nitrogens with zero attached hydrogens (tertiary/aromatic N) is 1. The van der Waals surface area contributed by atoms with E-state index in [2.05, 4.69) is 5.32 Å². The molecule has 1 aliphatic heterocycles. The molecule has 0 fully saturated rings. The van der Waals surface area contributed by atoms with Gasteiger partial charge < -0.3 is 5.32 Å². The first-order valence-corrected chi connectivity index (χ1v) is 7.27. The molecule has 116 valence electrons. The summed E-state index contributed by atoms with van der Waals surface area (Å²) in [5.74, 6) is -1.06. The normalized spacial score (nSPS) is 14.1. The van der Waals surface area contributed by atoms with Crippen LogP contribution in [0, 0.1) is 5.82 Å². The number of carbonyl (C=O) groups excluding carboxylic acids is 2. The number of rotatable bonds is 5. The zero-order valence-corrected chi connectivity index (χ0v) is 12.3. The number of nitrogens with one attached hydrogen (secondary N) is 1. The van der Waals surface area contributed by atoms with E-state index in [1.165, 1.54) is 35.2 Å². The molecule has 0 saturated carbocycles. The molecule has 1 aliphatic rings.